The molecule has 0 saturated carbocycles. The first-order valence-electron chi connectivity index (χ1n) is 11.3. The molecule has 33 heavy (non-hydrogen) atoms. The van der Waals surface area contributed by atoms with Crippen LogP contribution < -0.4 is 10.2 Å². The monoisotopic (exact) mass is 441 g/mol. The summed E-state index contributed by atoms with van der Waals surface area (Å²) in [5, 5.41) is 4.81. The molecule has 164 valence electrons. The van der Waals surface area contributed by atoms with Crippen LogP contribution in [0, 0.1) is 17.7 Å². The van der Waals surface area contributed by atoms with E-state index >= 15 is 0 Å². The number of imide groups is 1. The van der Waals surface area contributed by atoms with Gasteiger partial charge in [0.05, 0.1) is 17.5 Å². The smallest absolute Gasteiger partial charge is 0.250 e. The van der Waals surface area contributed by atoms with Crippen LogP contribution in [0.4, 0.5) is 15.8 Å². The number of nitrogens with zero attached hydrogens (tertiary/aromatic N) is 2. The Morgan fingerprint density at radius 2 is 1.76 bits per heavy atom. The molecule has 4 heterocycles. The van der Waals surface area contributed by atoms with Crippen LogP contribution in [0.15, 0.2) is 60.7 Å². The van der Waals surface area contributed by atoms with E-state index in [9.17, 15) is 18.8 Å². The fourth-order valence-electron chi connectivity index (χ4n) is 6.75. The Bertz CT molecular complexity index is 1400. The van der Waals surface area contributed by atoms with Crippen LogP contribution in [0.25, 0.3) is 10.8 Å². The van der Waals surface area contributed by atoms with Crippen molar-refractivity contribution in [2.45, 2.75) is 24.4 Å². The van der Waals surface area contributed by atoms with Crippen molar-refractivity contribution in [3.05, 3.63) is 72.0 Å². The molecule has 4 aliphatic heterocycles. The predicted octanol–water partition coefficient (Wildman–Crippen LogP) is 3.41. The quantitative estimate of drug-likeness (QED) is 0.588. The zero-order valence-electron chi connectivity index (χ0n) is 17.6. The molecular formula is C26H20FN3O3. The van der Waals surface area contributed by atoms with Crippen molar-refractivity contribution in [1.29, 1.82) is 0 Å². The molecule has 4 aliphatic rings. The second kappa shape index (κ2) is 6.26. The van der Waals surface area contributed by atoms with Crippen molar-refractivity contribution >= 4 is 39.9 Å². The molecule has 7 rings (SSSR count). The molecule has 1 spiro atoms. The number of fused-ring (bicyclic) bond motifs is 8. The maximum atomic E-state index is 14.4. The van der Waals surface area contributed by atoms with Gasteiger partial charge in [-0.2, -0.15) is 0 Å². The molecule has 0 aliphatic carbocycles. The minimum atomic E-state index is -1.36. The Morgan fingerprint density at radius 3 is 2.61 bits per heavy atom. The van der Waals surface area contributed by atoms with Gasteiger partial charge in [-0.15, -0.1) is 0 Å². The number of hydrogen-bond donors (Lipinski definition) is 1. The summed E-state index contributed by atoms with van der Waals surface area (Å²) in [5.41, 5.74) is 0.128. The summed E-state index contributed by atoms with van der Waals surface area (Å²) in [6.45, 7) is 0.595. The molecule has 3 fully saturated rings. The number of anilines is 2. The maximum absolute atomic E-state index is 14.4. The van der Waals surface area contributed by atoms with Crippen LogP contribution in [-0.4, -0.2) is 35.2 Å². The molecule has 3 saturated heterocycles. The summed E-state index contributed by atoms with van der Waals surface area (Å²) in [6.07, 6.45) is 1.55. The lowest BCUT2D eigenvalue weighted by atomic mass is 9.75. The van der Waals surface area contributed by atoms with Crippen LogP contribution in [0.1, 0.15) is 18.4 Å². The van der Waals surface area contributed by atoms with E-state index in [0.29, 0.717) is 23.5 Å². The third-order valence-corrected chi connectivity index (χ3v) is 7.95. The molecule has 3 amide bonds. The first-order valence-corrected chi connectivity index (χ1v) is 11.3. The lowest BCUT2D eigenvalue weighted by Crippen LogP contribution is -2.54. The van der Waals surface area contributed by atoms with E-state index in [4.69, 9.17) is 0 Å². The fraction of sp³-hybridized carbons (Fsp3) is 0.269. The van der Waals surface area contributed by atoms with Gasteiger partial charge in [-0.3, -0.25) is 19.3 Å². The standard InChI is InChI=1S/C26H20FN3O3/c27-16-8-10-19-18(13-16)26(25(33)28-19)22-21(20-6-3-11-29(20)26)23(31)30(24(22)32)17-9-7-14-4-1-2-5-15(14)12-17/h1-2,4-5,7-10,12-13,20-22H,3,6,11H2,(H,28,33)/t20-,21+,22+,26-/m0/s1. The van der Waals surface area contributed by atoms with Gasteiger partial charge < -0.3 is 5.32 Å². The van der Waals surface area contributed by atoms with E-state index in [2.05, 4.69) is 5.32 Å². The third kappa shape index (κ3) is 2.18. The van der Waals surface area contributed by atoms with Crippen molar-refractivity contribution in [1.82, 2.24) is 4.90 Å². The first kappa shape index (κ1) is 18.9. The Balaban J connectivity index is 1.42. The van der Waals surface area contributed by atoms with E-state index in [1.54, 1.807) is 6.07 Å². The van der Waals surface area contributed by atoms with Crippen LogP contribution in [0.2, 0.25) is 0 Å². The molecule has 4 atom stereocenters. The third-order valence-electron chi connectivity index (χ3n) is 7.95. The van der Waals surface area contributed by atoms with Crippen LogP contribution in [0.5, 0.6) is 0 Å². The molecule has 1 N–H and O–H groups in total. The van der Waals surface area contributed by atoms with Gasteiger partial charge in [0.1, 0.15) is 11.4 Å². The van der Waals surface area contributed by atoms with Gasteiger partial charge >= 0.3 is 0 Å². The summed E-state index contributed by atoms with van der Waals surface area (Å²) in [5.74, 6) is -2.99. The zero-order valence-corrected chi connectivity index (χ0v) is 17.6. The second-order valence-electron chi connectivity index (χ2n) is 9.36. The molecule has 7 heteroatoms. The van der Waals surface area contributed by atoms with E-state index < -0.39 is 23.2 Å². The molecule has 3 aromatic carbocycles. The van der Waals surface area contributed by atoms with Crippen molar-refractivity contribution < 1.29 is 18.8 Å². The molecule has 0 radical (unpaired) electrons. The number of halogens is 1. The first-order chi connectivity index (χ1) is 16.0. The minimum Gasteiger partial charge on any atom is -0.324 e. The Labute approximate surface area is 189 Å². The van der Waals surface area contributed by atoms with Crippen LogP contribution >= 0.6 is 0 Å². The summed E-state index contributed by atoms with van der Waals surface area (Å²) >= 11 is 0. The average molecular weight is 441 g/mol. The van der Waals surface area contributed by atoms with E-state index in [-0.39, 0.29) is 23.8 Å². The molecular weight excluding hydrogens is 421 g/mol. The highest BCUT2D eigenvalue weighted by Crippen LogP contribution is 2.60. The number of benzene rings is 3. The van der Waals surface area contributed by atoms with Crippen molar-refractivity contribution in [2.75, 3.05) is 16.8 Å². The van der Waals surface area contributed by atoms with E-state index in [1.165, 1.54) is 23.1 Å². The van der Waals surface area contributed by atoms with Gasteiger partial charge in [-0.05, 0) is 60.5 Å². The number of hydrogen-bond acceptors (Lipinski definition) is 4. The Hall–Kier alpha value is -3.58. The maximum Gasteiger partial charge on any atom is 0.250 e. The van der Waals surface area contributed by atoms with Gasteiger partial charge in [-0.1, -0.05) is 30.3 Å². The molecule has 3 aromatic rings. The van der Waals surface area contributed by atoms with Gasteiger partial charge in [-0.25, -0.2) is 9.29 Å². The van der Waals surface area contributed by atoms with Crippen LogP contribution in [-0.2, 0) is 19.9 Å². The van der Waals surface area contributed by atoms with E-state index in [1.807, 2.05) is 41.3 Å². The lowest BCUT2D eigenvalue weighted by Gasteiger charge is -2.36. The van der Waals surface area contributed by atoms with Crippen molar-refractivity contribution in [2.24, 2.45) is 11.8 Å². The Morgan fingerprint density at radius 1 is 0.939 bits per heavy atom. The number of amides is 3. The van der Waals surface area contributed by atoms with Crippen molar-refractivity contribution in [3.63, 3.8) is 0 Å². The van der Waals surface area contributed by atoms with Gasteiger partial charge in [0.25, 0.3) is 0 Å². The molecule has 0 bridgehead atoms. The normalized spacial score (nSPS) is 30.3. The zero-order chi connectivity index (χ0) is 22.5. The largest absolute Gasteiger partial charge is 0.324 e. The second-order valence-corrected chi connectivity index (χ2v) is 9.36. The van der Waals surface area contributed by atoms with Gasteiger partial charge in [0.2, 0.25) is 17.7 Å². The number of carbonyl (C=O) groups excluding carboxylic acids is 3. The van der Waals surface area contributed by atoms with Crippen LogP contribution in [0.3, 0.4) is 0 Å². The number of rotatable bonds is 1. The topological polar surface area (TPSA) is 69.7 Å². The summed E-state index contributed by atoms with van der Waals surface area (Å²) in [6, 6.07) is 17.2. The van der Waals surface area contributed by atoms with Gasteiger partial charge in [0.15, 0.2) is 0 Å². The highest BCUT2D eigenvalue weighted by atomic mass is 19.1. The minimum absolute atomic E-state index is 0.225. The predicted molar refractivity (Wildman–Crippen MR) is 120 cm³/mol. The highest BCUT2D eigenvalue weighted by molar-refractivity contribution is 6.26. The summed E-state index contributed by atoms with van der Waals surface area (Å²) in [7, 11) is 0. The Kier molecular flexibility index (Phi) is 3.59. The fourth-order valence-corrected chi connectivity index (χ4v) is 6.75. The molecule has 0 unspecified atom stereocenters. The van der Waals surface area contributed by atoms with Crippen molar-refractivity contribution in [3.8, 4) is 0 Å². The molecule has 0 aromatic heterocycles. The number of carbonyl (C=O) groups is 3. The highest BCUT2D eigenvalue weighted by Gasteiger charge is 2.74. The summed E-state index contributed by atoms with van der Waals surface area (Å²) in [4.78, 5) is 44.6. The average Bonchev–Trinajstić information content (AvgIpc) is 3.52. The van der Waals surface area contributed by atoms with Gasteiger partial charge in [0, 0.05) is 17.3 Å². The lowest BCUT2D eigenvalue weighted by molar-refractivity contribution is -0.135. The van der Waals surface area contributed by atoms with E-state index in [0.717, 1.165) is 23.6 Å². The summed E-state index contributed by atoms with van der Waals surface area (Å²) < 4.78 is 14.4. The SMILES string of the molecule is O=C1[C@@H]2[C@@H]3CCCN3[C@]3(C(=O)Nc4ccc(F)cc43)[C@H]2C(=O)N1c1ccc2ccccc2c1. The molecule has 6 nitrogen and oxygen atoms in total. The number of nitrogens with one attached hydrogen (secondary N) is 1.